The average Bonchev–Trinajstić information content (AvgIpc) is 2.86. The molecule has 6 heteroatoms. The van der Waals surface area contributed by atoms with Crippen molar-refractivity contribution in [2.75, 3.05) is 37.1 Å². The van der Waals surface area contributed by atoms with Crippen LogP contribution in [0, 0.1) is 12.8 Å². The van der Waals surface area contributed by atoms with Gasteiger partial charge in [-0.25, -0.2) is 15.8 Å². The molecule has 21 heavy (non-hydrogen) atoms. The number of nitrogens with one attached hydrogen (secondary N) is 1. The van der Waals surface area contributed by atoms with Gasteiger partial charge in [0.2, 0.25) is 0 Å². The van der Waals surface area contributed by atoms with E-state index < -0.39 is 0 Å². The topological polar surface area (TPSA) is 76.3 Å². The lowest BCUT2D eigenvalue weighted by Crippen LogP contribution is -2.27. The summed E-state index contributed by atoms with van der Waals surface area (Å²) in [5, 5.41) is 0. The van der Waals surface area contributed by atoms with Gasteiger partial charge in [-0.15, -0.1) is 0 Å². The number of anilines is 2. The standard InChI is InChI=1S/C15H27N5O/c1-10-12(19-16)17-14(15(2,3)4)18-13(10)20-7-6-11(8-20)9-21-5/h11H,6-9,16H2,1-5H3,(H,17,18,19). The molecule has 2 heterocycles. The number of hydrazine groups is 1. The Morgan fingerprint density at radius 1 is 1.38 bits per heavy atom. The summed E-state index contributed by atoms with van der Waals surface area (Å²) in [6.45, 7) is 11.1. The highest BCUT2D eigenvalue weighted by Crippen LogP contribution is 2.31. The Kier molecular flexibility index (Phi) is 4.68. The normalized spacial score (nSPS) is 19.1. The average molecular weight is 293 g/mol. The Hall–Kier alpha value is -1.40. The van der Waals surface area contributed by atoms with Gasteiger partial charge in [-0.1, -0.05) is 20.8 Å². The van der Waals surface area contributed by atoms with Crippen molar-refractivity contribution in [3.63, 3.8) is 0 Å². The molecule has 1 atom stereocenters. The smallest absolute Gasteiger partial charge is 0.148 e. The fraction of sp³-hybridized carbons (Fsp3) is 0.733. The van der Waals surface area contributed by atoms with Gasteiger partial charge in [0, 0.05) is 37.1 Å². The third-order valence-electron chi connectivity index (χ3n) is 3.92. The fourth-order valence-corrected chi connectivity index (χ4v) is 2.69. The molecule has 1 fully saturated rings. The second-order valence-corrected chi connectivity index (χ2v) is 6.79. The zero-order valence-electron chi connectivity index (χ0n) is 13.7. The zero-order valence-corrected chi connectivity index (χ0v) is 13.7. The highest BCUT2D eigenvalue weighted by atomic mass is 16.5. The second kappa shape index (κ2) is 6.15. The number of hydrogen-bond acceptors (Lipinski definition) is 6. The van der Waals surface area contributed by atoms with Crippen LogP contribution < -0.4 is 16.2 Å². The lowest BCUT2D eigenvalue weighted by molar-refractivity contribution is 0.161. The van der Waals surface area contributed by atoms with Gasteiger partial charge in [0.15, 0.2) is 0 Å². The SMILES string of the molecule is COCC1CCN(c2nc(C(C)(C)C)nc(NN)c2C)C1. The first-order chi connectivity index (χ1) is 9.86. The molecule has 6 nitrogen and oxygen atoms in total. The highest BCUT2D eigenvalue weighted by Gasteiger charge is 2.28. The molecule has 1 aromatic rings. The van der Waals surface area contributed by atoms with Crippen molar-refractivity contribution in [2.24, 2.45) is 11.8 Å². The third-order valence-corrected chi connectivity index (χ3v) is 3.92. The molecular formula is C15H27N5O. The van der Waals surface area contributed by atoms with Crippen molar-refractivity contribution in [1.29, 1.82) is 0 Å². The van der Waals surface area contributed by atoms with Crippen LogP contribution in [-0.2, 0) is 10.2 Å². The van der Waals surface area contributed by atoms with Crippen LogP contribution >= 0.6 is 0 Å². The van der Waals surface area contributed by atoms with Crippen molar-refractivity contribution < 1.29 is 4.74 Å². The summed E-state index contributed by atoms with van der Waals surface area (Å²) < 4.78 is 5.27. The number of aromatic nitrogens is 2. The number of methoxy groups -OCH3 is 1. The first kappa shape index (κ1) is 16.0. The highest BCUT2D eigenvalue weighted by molar-refractivity contribution is 5.59. The maximum Gasteiger partial charge on any atom is 0.148 e. The van der Waals surface area contributed by atoms with Crippen LogP contribution in [0.5, 0.6) is 0 Å². The Bertz CT molecular complexity index is 498. The summed E-state index contributed by atoms with van der Waals surface area (Å²) in [5.41, 5.74) is 3.60. The number of hydrogen-bond donors (Lipinski definition) is 2. The van der Waals surface area contributed by atoms with Gasteiger partial charge in [0.05, 0.1) is 6.61 Å². The largest absolute Gasteiger partial charge is 0.384 e. The van der Waals surface area contributed by atoms with Gasteiger partial charge in [-0.2, -0.15) is 0 Å². The number of rotatable bonds is 4. The molecule has 0 saturated carbocycles. The molecule has 1 unspecified atom stereocenters. The lowest BCUT2D eigenvalue weighted by atomic mass is 9.95. The van der Waals surface area contributed by atoms with Crippen LogP contribution in [0.4, 0.5) is 11.6 Å². The molecule has 1 aliphatic rings. The minimum absolute atomic E-state index is 0.111. The molecule has 3 N–H and O–H groups in total. The monoisotopic (exact) mass is 293 g/mol. The number of nitrogens with two attached hydrogens (primary N) is 1. The van der Waals surface area contributed by atoms with E-state index >= 15 is 0 Å². The summed E-state index contributed by atoms with van der Waals surface area (Å²) >= 11 is 0. The molecule has 2 rings (SSSR count). The number of nitrogen functional groups attached to an aromatic ring is 1. The Morgan fingerprint density at radius 2 is 2.10 bits per heavy atom. The van der Waals surface area contributed by atoms with E-state index in [-0.39, 0.29) is 5.41 Å². The third kappa shape index (κ3) is 3.44. The minimum Gasteiger partial charge on any atom is -0.384 e. The van der Waals surface area contributed by atoms with Crippen molar-refractivity contribution in [1.82, 2.24) is 9.97 Å². The van der Waals surface area contributed by atoms with Crippen LogP contribution in [0.25, 0.3) is 0 Å². The lowest BCUT2D eigenvalue weighted by Gasteiger charge is -2.25. The summed E-state index contributed by atoms with van der Waals surface area (Å²) in [4.78, 5) is 11.7. The van der Waals surface area contributed by atoms with E-state index in [1.165, 1.54) is 0 Å². The Labute approximate surface area is 127 Å². The van der Waals surface area contributed by atoms with Crippen LogP contribution in [0.1, 0.15) is 38.6 Å². The van der Waals surface area contributed by atoms with E-state index in [4.69, 9.17) is 15.6 Å². The molecule has 1 aliphatic heterocycles. The first-order valence-corrected chi connectivity index (χ1v) is 7.46. The van der Waals surface area contributed by atoms with E-state index in [1.807, 2.05) is 6.92 Å². The van der Waals surface area contributed by atoms with Gasteiger partial charge in [0.1, 0.15) is 17.5 Å². The molecule has 0 aliphatic carbocycles. The molecule has 0 bridgehead atoms. The predicted molar refractivity (Wildman–Crippen MR) is 85.5 cm³/mol. The number of ether oxygens (including phenoxy) is 1. The summed E-state index contributed by atoms with van der Waals surface area (Å²) in [5.74, 6) is 8.70. The van der Waals surface area contributed by atoms with Gasteiger partial charge in [0.25, 0.3) is 0 Å². The molecule has 0 amide bonds. The maximum atomic E-state index is 5.63. The van der Waals surface area contributed by atoms with Crippen LogP contribution in [0.15, 0.2) is 0 Å². The number of nitrogens with zero attached hydrogens (tertiary/aromatic N) is 3. The quantitative estimate of drug-likeness (QED) is 0.651. The summed E-state index contributed by atoms with van der Waals surface area (Å²) in [6, 6.07) is 0. The van der Waals surface area contributed by atoms with Crippen LogP contribution in [0.3, 0.4) is 0 Å². The Balaban J connectivity index is 2.34. The second-order valence-electron chi connectivity index (χ2n) is 6.79. The van der Waals surface area contributed by atoms with Gasteiger partial charge in [-0.3, -0.25) is 0 Å². The van der Waals surface area contributed by atoms with Crippen molar-refractivity contribution in [3.8, 4) is 0 Å². The van der Waals surface area contributed by atoms with E-state index in [2.05, 4.69) is 36.1 Å². The van der Waals surface area contributed by atoms with E-state index in [1.54, 1.807) is 7.11 Å². The molecule has 1 aromatic heterocycles. The fourth-order valence-electron chi connectivity index (χ4n) is 2.69. The van der Waals surface area contributed by atoms with Crippen molar-refractivity contribution in [3.05, 3.63) is 11.4 Å². The molecule has 1 saturated heterocycles. The minimum atomic E-state index is -0.111. The van der Waals surface area contributed by atoms with Gasteiger partial charge < -0.3 is 15.1 Å². The van der Waals surface area contributed by atoms with Crippen molar-refractivity contribution >= 4 is 11.6 Å². The van der Waals surface area contributed by atoms with E-state index in [0.29, 0.717) is 11.7 Å². The zero-order chi connectivity index (χ0) is 15.6. The maximum absolute atomic E-state index is 5.63. The predicted octanol–water partition coefficient (Wildman–Crippen LogP) is 1.84. The van der Waals surface area contributed by atoms with E-state index in [0.717, 1.165) is 43.3 Å². The summed E-state index contributed by atoms with van der Waals surface area (Å²) in [6.07, 6.45) is 1.13. The molecule has 0 radical (unpaired) electrons. The summed E-state index contributed by atoms with van der Waals surface area (Å²) in [7, 11) is 1.76. The van der Waals surface area contributed by atoms with Gasteiger partial charge in [-0.05, 0) is 13.3 Å². The first-order valence-electron chi connectivity index (χ1n) is 7.46. The molecule has 118 valence electrons. The molecular weight excluding hydrogens is 266 g/mol. The van der Waals surface area contributed by atoms with Gasteiger partial charge >= 0.3 is 0 Å². The molecule has 0 spiro atoms. The van der Waals surface area contributed by atoms with E-state index in [9.17, 15) is 0 Å². The van der Waals surface area contributed by atoms with Crippen LogP contribution in [0.2, 0.25) is 0 Å². The van der Waals surface area contributed by atoms with Crippen molar-refractivity contribution in [2.45, 2.75) is 39.5 Å². The Morgan fingerprint density at radius 3 is 2.67 bits per heavy atom. The van der Waals surface area contributed by atoms with Crippen LogP contribution in [-0.4, -0.2) is 36.8 Å². The molecule has 0 aromatic carbocycles.